The number of nitrogens with zero attached hydrogens (tertiary/aromatic N) is 1. The predicted molar refractivity (Wildman–Crippen MR) is 60.3 cm³/mol. The van der Waals surface area contributed by atoms with Crippen LogP contribution in [0.15, 0.2) is 0 Å². The van der Waals surface area contributed by atoms with Gasteiger partial charge in [-0.1, -0.05) is 6.42 Å². The number of hydrogen-bond donors (Lipinski definition) is 0. The molecule has 0 N–H and O–H groups in total. The summed E-state index contributed by atoms with van der Waals surface area (Å²) >= 11 is 0. The second-order valence-corrected chi connectivity index (χ2v) is 6.57. The van der Waals surface area contributed by atoms with Crippen molar-refractivity contribution in [1.29, 1.82) is 0 Å². The van der Waals surface area contributed by atoms with Crippen LogP contribution in [0.3, 0.4) is 0 Å². The van der Waals surface area contributed by atoms with Gasteiger partial charge in [-0.05, 0) is 26.7 Å². The van der Waals surface area contributed by atoms with E-state index in [1.807, 2.05) is 6.92 Å². The van der Waals surface area contributed by atoms with E-state index in [4.69, 9.17) is 4.74 Å². The SMILES string of the molecule is COCC(C)S(=O)(=O)N1CCCC[C@@H]1C. The van der Waals surface area contributed by atoms with Crippen molar-refractivity contribution in [3.63, 3.8) is 0 Å². The first-order valence-electron chi connectivity index (χ1n) is 5.49. The van der Waals surface area contributed by atoms with E-state index in [0.29, 0.717) is 6.54 Å². The molecule has 1 unspecified atom stereocenters. The normalized spacial score (nSPS) is 26.5. The summed E-state index contributed by atoms with van der Waals surface area (Å²) in [5, 5.41) is -0.442. The second kappa shape index (κ2) is 5.27. The van der Waals surface area contributed by atoms with Crippen molar-refractivity contribution in [3.8, 4) is 0 Å². The molecule has 0 amide bonds. The fraction of sp³-hybridized carbons (Fsp3) is 1.00. The lowest BCUT2D eigenvalue weighted by Gasteiger charge is -2.34. The van der Waals surface area contributed by atoms with Gasteiger partial charge in [0.15, 0.2) is 0 Å². The third-order valence-corrected chi connectivity index (χ3v) is 5.33. The smallest absolute Gasteiger partial charge is 0.219 e. The summed E-state index contributed by atoms with van der Waals surface area (Å²) in [5.41, 5.74) is 0. The molecule has 0 aromatic heterocycles. The van der Waals surface area contributed by atoms with Gasteiger partial charge in [0.1, 0.15) is 0 Å². The minimum Gasteiger partial charge on any atom is -0.383 e. The van der Waals surface area contributed by atoms with E-state index in [1.54, 1.807) is 11.2 Å². The molecule has 0 radical (unpaired) electrons. The third kappa shape index (κ3) is 2.92. The van der Waals surface area contributed by atoms with E-state index >= 15 is 0 Å². The van der Waals surface area contributed by atoms with Crippen LogP contribution in [0.1, 0.15) is 33.1 Å². The van der Waals surface area contributed by atoms with Gasteiger partial charge >= 0.3 is 0 Å². The molecule has 0 bridgehead atoms. The van der Waals surface area contributed by atoms with Gasteiger partial charge in [-0.3, -0.25) is 0 Å². The Morgan fingerprint density at radius 1 is 1.47 bits per heavy atom. The van der Waals surface area contributed by atoms with Gasteiger partial charge in [0.05, 0.1) is 11.9 Å². The minimum absolute atomic E-state index is 0.142. The summed E-state index contributed by atoms with van der Waals surface area (Å²) in [6.45, 7) is 4.62. The molecule has 2 atom stereocenters. The zero-order valence-corrected chi connectivity index (χ0v) is 10.6. The number of hydrogen-bond acceptors (Lipinski definition) is 3. The molecule has 1 heterocycles. The molecule has 1 saturated heterocycles. The van der Waals surface area contributed by atoms with Gasteiger partial charge < -0.3 is 4.74 Å². The van der Waals surface area contributed by atoms with Crippen LogP contribution in [0, 0.1) is 0 Å². The van der Waals surface area contributed by atoms with E-state index in [9.17, 15) is 8.42 Å². The van der Waals surface area contributed by atoms with Crippen LogP contribution in [-0.2, 0) is 14.8 Å². The van der Waals surface area contributed by atoms with Crippen molar-refractivity contribution >= 4 is 10.0 Å². The third-order valence-electron chi connectivity index (χ3n) is 2.98. The topological polar surface area (TPSA) is 46.6 Å². The Labute approximate surface area is 92.7 Å². The van der Waals surface area contributed by atoms with Gasteiger partial charge in [0.2, 0.25) is 10.0 Å². The average Bonchev–Trinajstić information content (AvgIpc) is 2.18. The number of methoxy groups -OCH3 is 1. The van der Waals surface area contributed by atoms with Crippen LogP contribution < -0.4 is 0 Å². The maximum Gasteiger partial charge on any atom is 0.219 e. The Morgan fingerprint density at radius 3 is 2.67 bits per heavy atom. The summed E-state index contributed by atoms with van der Waals surface area (Å²) in [4.78, 5) is 0. The summed E-state index contributed by atoms with van der Waals surface area (Å²) in [6, 6.07) is 0.142. The highest BCUT2D eigenvalue weighted by Gasteiger charge is 2.33. The molecule has 0 saturated carbocycles. The van der Waals surface area contributed by atoms with Crippen LogP contribution in [-0.4, -0.2) is 44.3 Å². The van der Waals surface area contributed by atoms with Gasteiger partial charge in [-0.15, -0.1) is 0 Å². The Morgan fingerprint density at radius 2 is 2.13 bits per heavy atom. The molecule has 1 aliphatic rings. The van der Waals surface area contributed by atoms with Crippen molar-refractivity contribution < 1.29 is 13.2 Å². The standard InChI is InChI=1S/C10H21NO3S/c1-9-6-4-5-7-11(9)15(12,13)10(2)8-14-3/h9-10H,4-8H2,1-3H3/t9-,10?/m0/s1. The number of ether oxygens (including phenoxy) is 1. The van der Waals surface area contributed by atoms with Crippen LogP contribution in [0.25, 0.3) is 0 Å². The van der Waals surface area contributed by atoms with Crippen molar-refractivity contribution in [2.24, 2.45) is 0 Å². The monoisotopic (exact) mass is 235 g/mol. The zero-order chi connectivity index (χ0) is 11.5. The molecule has 4 nitrogen and oxygen atoms in total. The van der Waals surface area contributed by atoms with E-state index in [2.05, 4.69) is 0 Å². The minimum atomic E-state index is -3.17. The van der Waals surface area contributed by atoms with E-state index in [1.165, 1.54) is 7.11 Å². The van der Waals surface area contributed by atoms with Crippen LogP contribution in [0.4, 0.5) is 0 Å². The second-order valence-electron chi connectivity index (χ2n) is 4.27. The molecule has 1 aliphatic heterocycles. The Balaban J connectivity index is 2.75. The summed E-state index contributed by atoms with van der Waals surface area (Å²) < 4.78 is 30.8. The highest BCUT2D eigenvalue weighted by molar-refractivity contribution is 7.89. The Hall–Kier alpha value is -0.130. The average molecular weight is 235 g/mol. The zero-order valence-electron chi connectivity index (χ0n) is 9.77. The molecular formula is C10H21NO3S. The Kier molecular flexibility index (Phi) is 4.55. The maximum atomic E-state index is 12.1. The maximum absolute atomic E-state index is 12.1. The van der Waals surface area contributed by atoms with E-state index in [0.717, 1.165) is 19.3 Å². The first-order valence-corrected chi connectivity index (χ1v) is 7.00. The molecular weight excluding hydrogens is 214 g/mol. The van der Waals surface area contributed by atoms with Gasteiger partial charge in [-0.25, -0.2) is 8.42 Å². The highest BCUT2D eigenvalue weighted by Crippen LogP contribution is 2.22. The van der Waals surface area contributed by atoms with E-state index in [-0.39, 0.29) is 12.6 Å². The molecule has 0 aromatic rings. The Bertz CT molecular complexity index is 289. The molecule has 0 aliphatic carbocycles. The molecule has 0 aromatic carbocycles. The van der Waals surface area contributed by atoms with Crippen molar-refractivity contribution in [3.05, 3.63) is 0 Å². The molecule has 0 spiro atoms. The lowest BCUT2D eigenvalue weighted by molar-refractivity contribution is 0.194. The van der Waals surface area contributed by atoms with Crippen LogP contribution in [0.5, 0.6) is 0 Å². The summed E-state index contributed by atoms with van der Waals surface area (Å²) in [6.07, 6.45) is 3.08. The van der Waals surface area contributed by atoms with Crippen LogP contribution >= 0.6 is 0 Å². The predicted octanol–water partition coefficient (Wildman–Crippen LogP) is 1.23. The lowest BCUT2D eigenvalue weighted by atomic mass is 10.1. The van der Waals surface area contributed by atoms with E-state index < -0.39 is 15.3 Å². The van der Waals surface area contributed by atoms with Crippen molar-refractivity contribution in [1.82, 2.24) is 4.31 Å². The quantitative estimate of drug-likeness (QED) is 0.736. The number of piperidine rings is 1. The fourth-order valence-corrected chi connectivity index (χ4v) is 3.76. The van der Waals surface area contributed by atoms with Crippen molar-refractivity contribution in [2.45, 2.75) is 44.4 Å². The first-order chi connectivity index (χ1) is 7.00. The first kappa shape index (κ1) is 12.9. The number of rotatable bonds is 4. The molecule has 1 fully saturated rings. The summed E-state index contributed by atoms with van der Waals surface area (Å²) in [7, 11) is -1.63. The van der Waals surface area contributed by atoms with Gasteiger partial charge in [-0.2, -0.15) is 4.31 Å². The number of sulfonamides is 1. The van der Waals surface area contributed by atoms with Crippen molar-refractivity contribution in [2.75, 3.05) is 20.3 Å². The van der Waals surface area contributed by atoms with Gasteiger partial charge in [0, 0.05) is 19.7 Å². The lowest BCUT2D eigenvalue weighted by Crippen LogP contribution is -2.46. The molecule has 5 heteroatoms. The fourth-order valence-electron chi connectivity index (χ4n) is 2.00. The summed E-state index contributed by atoms with van der Waals surface area (Å²) in [5.74, 6) is 0. The van der Waals surface area contributed by atoms with Gasteiger partial charge in [0.25, 0.3) is 0 Å². The van der Waals surface area contributed by atoms with Crippen LogP contribution in [0.2, 0.25) is 0 Å². The molecule has 15 heavy (non-hydrogen) atoms. The largest absolute Gasteiger partial charge is 0.383 e. The molecule has 1 rings (SSSR count). The molecule has 90 valence electrons. The highest BCUT2D eigenvalue weighted by atomic mass is 32.2.